The zero-order chi connectivity index (χ0) is 15.2. The molecule has 1 heterocycles. The number of nitrogens with zero attached hydrogens (tertiary/aromatic N) is 2. The van der Waals surface area contributed by atoms with Crippen LogP contribution in [-0.4, -0.2) is 20.7 Å². The molecule has 0 radical (unpaired) electrons. The lowest BCUT2D eigenvalue weighted by atomic mass is 10.3. The van der Waals surface area contributed by atoms with Gasteiger partial charge in [-0.1, -0.05) is 22.5 Å². The first kappa shape index (κ1) is 15.1. The second kappa shape index (κ2) is 6.94. The summed E-state index contributed by atoms with van der Waals surface area (Å²) < 4.78 is 2.65. The van der Waals surface area contributed by atoms with Crippen LogP contribution in [0.1, 0.15) is 5.82 Å². The fourth-order valence-corrected chi connectivity index (χ4v) is 1.98. The average Bonchev–Trinajstić information content (AvgIpc) is 2.85. The lowest BCUT2D eigenvalue weighted by molar-refractivity contribution is 0.251. The van der Waals surface area contributed by atoms with Crippen molar-refractivity contribution in [3.05, 3.63) is 59.3 Å². The van der Waals surface area contributed by atoms with Crippen LogP contribution in [-0.2, 0) is 13.1 Å². The topological polar surface area (TPSA) is 79.2 Å². The molecule has 0 unspecified atom stereocenters. The Balaban J connectivity index is 1.88. The predicted molar refractivity (Wildman–Crippen MR) is 84.0 cm³/mol. The third-order valence-electron chi connectivity index (χ3n) is 2.66. The molecule has 3 N–H and O–H groups in total. The Bertz CT molecular complexity index is 637. The number of allylic oxidation sites excluding steroid dienone is 1. The molecule has 7 heteroatoms. The lowest BCUT2D eigenvalue weighted by Crippen LogP contribution is -2.29. The van der Waals surface area contributed by atoms with E-state index in [0.717, 1.165) is 4.47 Å². The second-order valence-corrected chi connectivity index (χ2v) is 5.27. The minimum Gasteiger partial charge on any atom is -0.511 e. The van der Waals surface area contributed by atoms with Gasteiger partial charge in [0.25, 0.3) is 0 Å². The van der Waals surface area contributed by atoms with Gasteiger partial charge in [-0.05, 0) is 24.3 Å². The van der Waals surface area contributed by atoms with Crippen LogP contribution in [0.4, 0.5) is 10.5 Å². The maximum atomic E-state index is 11.8. The summed E-state index contributed by atoms with van der Waals surface area (Å²) >= 11 is 3.33. The summed E-state index contributed by atoms with van der Waals surface area (Å²) in [5.74, 6) is 0.671. The van der Waals surface area contributed by atoms with Gasteiger partial charge in [0.2, 0.25) is 0 Å². The molecular formula is C14H15BrN4O2. The molecule has 0 aliphatic heterocycles. The Morgan fingerprint density at radius 2 is 2.10 bits per heavy atom. The minimum atomic E-state index is -0.324. The Kier molecular flexibility index (Phi) is 4.99. The van der Waals surface area contributed by atoms with Crippen molar-refractivity contribution in [3.63, 3.8) is 0 Å². The number of carbonyl (C=O) groups is 1. The quantitative estimate of drug-likeness (QED) is 0.725. The Hall–Kier alpha value is -2.28. The number of carbonyl (C=O) groups excluding carboxylic acids is 1. The highest BCUT2D eigenvalue weighted by molar-refractivity contribution is 9.10. The van der Waals surface area contributed by atoms with E-state index >= 15 is 0 Å². The minimum absolute atomic E-state index is 0.0357. The van der Waals surface area contributed by atoms with Crippen molar-refractivity contribution in [1.82, 2.24) is 14.9 Å². The standard InChI is InChI=1S/C14H15BrN4O2/c1-10(20)9-19-7-6-16-13(19)8-17-14(21)18-12-4-2-11(15)3-5-12/h2-7,20H,1,8-9H2,(H2,17,18,21). The molecular weight excluding hydrogens is 336 g/mol. The van der Waals surface area contributed by atoms with E-state index in [-0.39, 0.29) is 24.9 Å². The van der Waals surface area contributed by atoms with Crippen molar-refractivity contribution in [2.24, 2.45) is 0 Å². The molecule has 110 valence electrons. The third-order valence-corrected chi connectivity index (χ3v) is 3.19. The Morgan fingerprint density at radius 1 is 1.38 bits per heavy atom. The van der Waals surface area contributed by atoms with Crippen LogP contribution >= 0.6 is 15.9 Å². The zero-order valence-electron chi connectivity index (χ0n) is 11.2. The summed E-state index contributed by atoms with van der Waals surface area (Å²) in [6.07, 6.45) is 3.32. The van der Waals surface area contributed by atoms with Gasteiger partial charge in [0, 0.05) is 22.6 Å². The number of rotatable bonds is 5. The summed E-state index contributed by atoms with van der Waals surface area (Å²) in [6.45, 7) is 3.94. The zero-order valence-corrected chi connectivity index (χ0v) is 12.8. The molecule has 0 saturated carbocycles. The van der Waals surface area contributed by atoms with E-state index in [1.165, 1.54) is 0 Å². The van der Waals surface area contributed by atoms with Crippen molar-refractivity contribution >= 4 is 27.6 Å². The van der Waals surface area contributed by atoms with Crippen molar-refractivity contribution < 1.29 is 9.90 Å². The van der Waals surface area contributed by atoms with Crippen LogP contribution in [0.2, 0.25) is 0 Å². The van der Waals surface area contributed by atoms with E-state index in [2.05, 4.69) is 38.1 Å². The number of imidazole rings is 1. The monoisotopic (exact) mass is 350 g/mol. The van der Waals surface area contributed by atoms with Crippen molar-refractivity contribution in [2.75, 3.05) is 5.32 Å². The summed E-state index contributed by atoms with van der Waals surface area (Å²) in [4.78, 5) is 15.9. The van der Waals surface area contributed by atoms with Crippen LogP contribution in [0.25, 0.3) is 0 Å². The first-order valence-corrected chi connectivity index (χ1v) is 7.01. The van der Waals surface area contributed by atoms with Gasteiger partial charge in [0.05, 0.1) is 13.1 Å². The molecule has 0 atom stereocenters. The predicted octanol–water partition coefficient (Wildman–Crippen LogP) is 3.04. The number of hydrogen-bond donors (Lipinski definition) is 3. The first-order valence-electron chi connectivity index (χ1n) is 6.22. The molecule has 0 spiro atoms. The van der Waals surface area contributed by atoms with Gasteiger partial charge in [0.1, 0.15) is 11.6 Å². The van der Waals surface area contributed by atoms with E-state index in [9.17, 15) is 9.90 Å². The van der Waals surface area contributed by atoms with Crippen LogP contribution < -0.4 is 10.6 Å². The Labute approximate surface area is 130 Å². The number of urea groups is 1. The highest BCUT2D eigenvalue weighted by atomic mass is 79.9. The SMILES string of the molecule is C=C(O)Cn1ccnc1CNC(=O)Nc1ccc(Br)cc1. The molecule has 0 bridgehead atoms. The van der Waals surface area contributed by atoms with Gasteiger partial charge in [-0.3, -0.25) is 0 Å². The molecule has 0 fully saturated rings. The third kappa shape index (κ3) is 4.64. The molecule has 0 aliphatic rings. The smallest absolute Gasteiger partial charge is 0.319 e. The molecule has 0 aliphatic carbocycles. The molecule has 2 rings (SSSR count). The van der Waals surface area contributed by atoms with Gasteiger partial charge < -0.3 is 20.3 Å². The molecule has 6 nitrogen and oxygen atoms in total. The van der Waals surface area contributed by atoms with Crippen molar-refractivity contribution in [2.45, 2.75) is 13.1 Å². The number of aliphatic hydroxyl groups is 1. The highest BCUT2D eigenvalue weighted by Gasteiger charge is 2.06. The van der Waals surface area contributed by atoms with E-state index < -0.39 is 0 Å². The molecule has 2 aromatic rings. The van der Waals surface area contributed by atoms with Gasteiger partial charge >= 0.3 is 6.03 Å². The largest absolute Gasteiger partial charge is 0.511 e. The van der Waals surface area contributed by atoms with Gasteiger partial charge in [-0.25, -0.2) is 9.78 Å². The normalized spacial score (nSPS) is 10.1. The number of amides is 2. The average molecular weight is 351 g/mol. The maximum Gasteiger partial charge on any atom is 0.319 e. The van der Waals surface area contributed by atoms with E-state index in [1.807, 2.05) is 12.1 Å². The summed E-state index contributed by atoms with van der Waals surface area (Å²) in [6, 6.07) is 6.94. The maximum absolute atomic E-state index is 11.8. The van der Waals surface area contributed by atoms with E-state index in [1.54, 1.807) is 29.1 Å². The van der Waals surface area contributed by atoms with Crippen LogP contribution in [0.15, 0.2) is 53.5 Å². The first-order chi connectivity index (χ1) is 10.0. The fraction of sp³-hybridized carbons (Fsp3) is 0.143. The molecule has 2 amide bonds. The number of anilines is 1. The summed E-state index contributed by atoms with van der Waals surface area (Å²) in [5.41, 5.74) is 0.697. The van der Waals surface area contributed by atoms with Crippen LogP contribution in [0.3, 0.4) is 0 Å². The Morgan fingerprint density at radius 3 is 2.76 bits per heavy atom. The lowest BCUT2D eigenvalue weighted by Gasteiger charge is -2.09. The molecule has 21 heavy (non-hydrogen) atoms. The van der Waals surface area contributed by atoms with E-state index in [0.29, 0.717) is 11.5 Å². The number of nitrogens with one attached hydrogen (secondary N) is 2. The van der Waals surface area contributed by atoms with Gasteiger partial charge in [-0.2, -0.15) is 0 Å². The number of hydrogen-bond acceptors (Lipinski definition) is 3. The number of aliphatic hydroxyl groups excluding tert-OH is 1. The fourth-order valence-electron chi connectivity index (χ4n) is 1.72. The second-order valence-electron chi connectivity index (χ2n) is 4.35. The van der Waals surface area contributed by atoms with Gasteiger partial charge in [0.15, 0.2) is 0 Å². The highest BCUT2D eigenvalue weighted by Crippen LogP contribution is 2.13. The summed E-state index contributed by atoms with van der Waals surface area (Å²) in [7, 11) is 0. The van der Waals surface area contributed by atoms with Gasteiger partial charge in [-0.15, -0.1) is 0 Å². The number of benzene rings is 1. The number of aromatic nitrogens is 2. The van der Waals surface area contributed by atoms with E-state index in [4.69, 9.17) is 0 Å². The molecule has 0 saturated heterocycles. The van der Waals surface area contributed by atoms with Crippen molar-refractivity contribution in [3.8, 4) is 0 Å². The van der Waals surface area contributed by atoms with Crippen molar-refractivity contribution in [1.29, 1.82) is 0 Å². The van der Waals surface area contributed by atoms with Crippen LogP contribution in [0.5, 0.6) is 0 Å². The molecule has 1 aromatic carbocycles. The number of halogens is 1. The van der Waals surface area contributed by atoms with Crippen LogP contribution in [0, 0.1) is 0 Å². The molecule has 1 aromatic heterocycles. The summed E-state index contributed by atoms with van der Waals surface area (Å²) in [5, 5.41) is 14.6.